The highest BCUT2D eigenvalue weighted by atomic mass is 16.5. The molecular formula is C21H25N3O. The molecule has 1 aliphatic heterocycles. The molecule has 0 saturated heterocycles. The van der Waals surface area contributed by atoms with Crippen molar-refractivity contribution in [3.63, 3.8) is 0 Å². The van der Waals surface area contributed by atoms with Crippen LogP contribution in [0, 0.1) is 0 Å². The Morgan fingerprint density at radius 3 is 2.68 bits per heavy atom. The summed E-state index contributed by atoms with van der Waals surface area (Å²) in [5.41, 5.74) is 5.08. The topological polar surface area (TPSA) is 45.7 Å². The third-order valence-corrected chi connectivity index (χ3v) is 4.80. The third kappa shape index (κ3) is 3.95. The van der Waals surface area contributed by atoms with E-state index >= 15 is 0 Å². The van der Waals surface area contributed by atoms with E-state index in [9.17, 15) is 0 Å². The van der Waals surface area contributed by atoms with Crippen molar-refractivity contribution in [2.75, 3.05) is 13.7 Å². The van der Waals surface area contributed by atoms with Gasteiger partial charge in [-0.25, -0.2) is 0 Å². The van der Waals surface area contributed by atoms with E-state index < -0.39 is 0 Å². The zero-order valence-electron chi connectivity index (χ0n) is 14.7. The molecule has 1 heterocycles. The lowest BCUT2D eigenvalue weighted by Crippen LogP contribution is -2.38. The molecule has 0 aromatic heterocycles. The van der Waals surface area contributed by atoms with Gasteiger partial charge in [-0.05, 0) is 60.1 Å². The van der Waals surface area contributed by atoms with Crippen molar-refractivity contribution in [2.45, 2.75) is 38.3 Å². The Morgan fingerprint density at radius 2 is 1.92 bits per heavy atom. The van der Waals surface area contributed by atoms with Crippen LogP contribution in [-0.2, 0) is 13.0 Å². The predicted octanol–water partition coefficient (Wildman–Crippen LogP) is 3.51. The Morgan fingerprint density at radius 1 is 1.12 bits per heavy atom. The van der Waals surface area contributed by atoms with Gasteiger partial charge in [-0.2, -0.15) is 0 Å². The Balaban J connectivity index is 1.41. The molecule has 2 aromatic carbocycles. The number of benzene rings is 2. The van der Waals surface area contributed by atoms with Crippen molar-refractivity contribution in [3.8, 4) is 16.9 Å². The van der Waals surface area contributed by atoms with Crippen molar-refractivity contribution in [1.82, 2.24) is 10.6 Å². The van der Waals surface area contributed by atoms with Crippen molar-refractivity contribution >= 4 is 5.96 Å². The molecule has 1 saturated carbocycles. The number of hydrogen-bond acceptors (Lipinski definition) is 2. The van der Waals surface area contributed by atoms with Crippen molar-refractivity contribution in [2.24, 2.45) is 4.99 Å². The minimum absolute atomic E-state index is 0.613. The molecule has 1 aliphatic carbocycles. The van der Waals surface area contributed by atoms with Crippen LogP contribution < -0.4 is 15.4 Å². The second-order valence-corrected chi connectivity index (χ2v) is 6.82. The Hall–Kier alpha value is -2.49. The minimum atomic E-state index is 0.613. The molecule has 0 atom stereocenters. The maximum absolute atomic E-state index is 5.70. The number of fused-ring (bicyclic) bond motifs is 1. The lowest BCUT2D eigenvalue weighted by molar-refractivity contribution is 0.288. The van der Waals surface area contributed by atoms with E-state index in [4.69, 9.17) is 4.74 Å². The van der Waals surface area contributed by atoms with Crippen LogP contribution in [0.25, 0.3) is 11.1 Å². The summed E-state index contributed by atoms with van der Waals surface area (Å²) in [5.74, 6) is 1.94. The molecule has 4 rings (SSSR count). The number of guanidine groups is 1. The summed E-state index contributed by atoms with van der Waals surface area (Å²) in [7, 11) is 1.82. The molecular weight excluding hydrogens is 310 g/mol. The first-order chi connectivity index (χ1) is 12.3. The van der Waals surface area contributed by atoms with Crippen molar-refractivity contribution < 1.29 is 4.74 Å². The molecule has 0 amide bonds. The SMILES string of the molecule is CN=C(NCc1ccc(-c2ccc3c(c2)CCCO3)cc1)NC1CC1. The van der Waals surface area contributed by atoms with Crippen molar-refractivity contribution in [3.05, 3.63) is 53.6 Å². The van der Waals surface area contributed by atoms with Gasteiger partial charge in [-0.15, -0.1) is 0 Å². The van der Waals surface area contributed by atoms with Gasteiger partial charge in [0.1, 0.15) is 5.75 Å². The van der Waals surface area contributed by atoms with Crippen LogP contribution in [0.15, 0.2) is 47.5 Å². The number of aliphatic imine (C=N–C) groups is 1. The lowest BCUT2D eigenvalue weighted by Gasteiger charge is -2.18. The fourth-order valence-electron chi connectivity index (χ4n) is 3.16. The number of hydrogen-bond donors (Lipinski definition) is 2. The first kappa shape index (κ1) is 16.0. The van der Waals surface area contributed by atoms with E-state index in [1.807, 2.05) is 7.05 Å². The van der Waals surface area contributed by atoms with Crippen LogP contribution in [0.2, 0.25) is 0 Å². The smallest absolute Gasteiger partial charge is 0.191 e. The first-order valence-corrected chi connectivity index (χ1v) is 9.14. The van der Waals surface area contributed by atoms with E-state index in [2.05, 4.69) is 58.1 Å². The summed E-state index contributed by atoms with van der Waals surface area (Å²) >= 11 is 0. The Labute approximate surface area is 149 Å². The molecule has 0 bridgehead atoms. The maximum Gasteiger partial charge on any atom is 0.191 e. The van der Waals surface area contributed by atoms with Gasteiger partial charge in [0, 0.05) is 19.6 Å². The summed E-state index contributed by atoms with van der Waals surface area (Å²) in [6.07, 6.45) is 4.72. The van der Waals surface area contributed by atoms with E-state index in [1.165, 1.54) is 35.1 Å². The highest BCUT2D eigenvalue weighted by molar-refractivity contribution is 5.80. The highest BCUT2D eigenvalue weighted by Gasteiger charge is 2.21. The van der Waals surface area contributed by atoms with Gasteiger partial charge in [-0.1, -0.05) is 30.3 Å². The van der Waals surface area contributed by atoms with Gasteiger partial charge >= 0.3 is 0 Å². The highest BCUT2D eigenvalue weighted by Crippen LogP contribution is 2.30. The first-order valence-electron chi connectivity index (χ1n) is 9.14. The van der Waals surface area contributed by atoms with Crippen molar-refractivity contribution in [1.29, 1.82) is 0 Å². The molecule has 0 unspecified atom stereocenters. The van der Waals surface area contributed by atoms with Crippen LogP contribution in [0.4, 0.5) is 0 Å². The number of rotatable bonds is 4. The molecule has 130 valence electrons. The van der Waals surface area contributed by atoms with Gasteiger partial charge in [0.15, 0.2) is 5.96 Å². The van der Waals surface area contributed by atoms with Crippen LogP contribution >= 0.6 is 0 Å². The molecule has 0 radical (unpaired) electrons. The monoisotopic (exact) mass is 335 g/mol. The van der Waals surface area contributed by atoms with Crippen LogP contribution in [0.5, 0.6) is 5.75 Å². The second-order valence-electron chi connectivity index (χ2n) is 6.82. The lowest BCUT2D eigenvalue weighted by atomic mass is 9.98. The van der Waals surface area contributed by atoms with Crippen LogP contribution in [0.3, 0.4) is 0 Å². The molecule has 25 heavy (non-hydrogen) atoms. The summed E-state index contributed by atoms with van der Waals surface area (Å²) in [6, 6.07) is 15.9. The van der Waals surface area contributed by atoms with E-state index in [1.54, 1.807) is 0 Å². The average molecular weight is 335 g/mol. The average Bonchev–Trinajstić information content (AvgIpc) is 3.49. The summed E-state index contributed by atoms with van der Waals surface area (Å²) in [4.78, 5) is 4.27. The standard InChI is InChI=1S/C21H25N3O/c1-22-21(24-19-9-10-19)23-14-15-4-6-16(7-5-15)17-8-11-20-18(13-17)3-2-12-25-20/h4-8,11,13,19H,2-3,9-10,12,14H2,1H3,(H2,22,23,24). The fraction of sp³-hybridized carbons (Fsp3) is 0.381. The number of ether oxygens (including phenoxy) is 1. The maximum atomic E-state index is 5.70. The largest absolute Gasteiger partial charge is 0.493 e. The van der Waals surface area contributed by atoms with E-state index in [-0.39, 0.29) is 0 Å². The molecule has 1 fully saturated rings. The molecule has 4 heteroatoms. The van der Waals surface area contributed by atoms with Crippen LogP contribution in [-0.4, -0.2) is 25.7 Å². The fourth-order valence-corrected chi connectivity index (χ4v) is 3.16. The Bertz CT molecular complexity index is 763. The zero-order valence-corrected chi connectivity index (χ0v) is 14.7. The molecule has 0 spiro atoms. The molecule has 2 N–H and O–H groups in total. The van der Waals surface area contributed by atoms with E-state index in [0.717, 1.165) is 37.7 Å². The normalized spacial score (nSPS) is 16.8. The quantitative estimate of drug-likeness (QED) is 0.664. The van der Waals surface area contributed by atoms with Gasteiger partial charge in [0.25, 0.3) is 0 Å². The van der Waals surface area contributed by atoms with Gasteiger partial charge < -0.3 is 15.4 Å². The van der Waals surface area contributed by atoms with Crippen LogP contribution in [0.1, 0.15) is 30.4 Å². The molecule has 2 aliphatic rings. The van der Waals surface area contributed by atoms with Gasteiger partial charge in [0.2, 0.25) is 0 Å². The third-order valence-electron chi connectivity index (χ3n) is 4.80. The second kappa shape index (κ2) is 7.18. The van der Waals surface area contributed by atoms with Gasteiger partial charge in [0.05, 0.1) is 6.61 Å². The zero-order chi connectivity index (χ0) is 17.1. The van der Waals surface area contributed by atoms with Gasteiger partial charge in [-0.3, -0.25) is 4.99 Å². The Kier molecular flexibility index (Phi) is 4.59. The predicted molar refractivity (Wildman–Crippen MR) is 102 cm³/mol. The summed E-state index contributed by atoms with van der Waals surface area (Å²) in [6.45, 7) is 1.62. The molecule has 4 nitrogen and oxygen atoms in total. The number of nitrogens with zero attached hydrogens (tertiary/aromatic N) is 1. The summed E-state index contributed by atoms with van der Waals surface area (Å²) in [5, 5.41) is 6.78. The van der Waals surface area contributed by atoms with E-state index in [0.29, 0.717) is 6.04 Å². The molecule has 2 aromatic rings. The minimum Gasteiger partial charge on any atom is -0.493 e. The number of aryl methyl sites for hydroxylation is 1. The number of nitrogens with one attached hydrogen (secondary N) is 2. The summed E-state index contributed by atoms with van der Waals surface area (Å²) < 4.78 is 5.70.